The van der Waals surface area contributed by atoms with Crippen LogP contribution in [0.2, 0.25) is 4.44 Å². The number of halogens is 3. The molecule has 4 heteroatoms. The molecule has 0 saturated heterocycles. The third-order valence-corrected chi connectivity index (χ3v) is 11.5. The number of hydrogen-bond acceptors (Lipinski definition) is 0. The number of hydrogen-bond donors (Lipinski definition) is 0. The van der Waals surface area contributed by atoms with Crippen molar-refractivity contribution in [3.63, 3.8) is 0 Å². The second-order valence-electron chi connectivity index (χ2n) is 3.24. The summed E-state index contributed by atoms with van der Waals surface area (Å²) in [6.07, 6.45) is 5.43. The van der Waals surface area contributed by atoms with Crippen LogP contribution in [0.15, 0.2) is 0 Å². The summed E-state index contributed by atoms with van der Waals surface area (Å²) in [5.74, 6) is 0.916. The van der Waals surface area contributed by atoms with Crippen LogP contribution < -0.4 is 0 Å². The van der Waals surface area contributed by atoms with Gasteiger partial charge in [0, 0.05) is 0 Å². The van der Waals surface area contributed by atoms with E-state index >= 15 is 0 Å². The van der Waals surface area contributed by atoms with Crippen LogP contribution in [0.1, 0.15) is 39.5 Å². The van der Waals surface area contributed by atoms with Crippen molar-refractivity contribution >= 4 is 49.8 Å². The molecule has 74 valence electrons. The molecule has 0 amide bonds. The van der Waals surface area contributed by atoms with Gasteiger partial charge >= 0.3 is 99.7 Å². The van der Waals surface area contributed by atoms with Crippen molar-refractivity contribution in [2.45, 2.75) is 44.0 Å². The molecule has 0 aromatic heterocycles. The van der Waals surface area contributed by atoms with E-state index in [0.29, 0.717) is 0 Å². The minimum absolute atomic E-state index is 0.916. The SMILES string of the molecule is CCCCC(CC)[CH2][Sn]([Br])([Br])[Br]. The van der Waals surface area contributed by atoms with E-state index < -0.39 is 11.7 Å². The second kappa shape index (κ2) is 7.52. The molecule has 0 fully saturated rings. The fraction of sp³-hybridized carbons (Fsp3) is 1.00. The zero-order valence-electron chi connectivity index (χ0n) is 7.75. The molecule has 0 aromatic carbocycles. The monoisotopic (exact) mass is 470 g/mol. The molecule has 0 spiro atoms. The van der Waals surface area contributed by atoms with Gasteiger partial charge in [0.25, 0.3) is 0 Å². The van der Waals surface area contributed by atoms with E-state index in [2.05, 4.69) is 52.0 Å². The molecule has 0 bridgehead atoms. The molecule has 1 atom stereocenters. The summed E-state index contributed by atoms with van der Waals surface area (Å²) in [7, 11) is 0. The molecule has 0 aliphatic carbocycles. The van der Waals surface area contributed by atoms with E-state index in [4.69, 9.17) is 0 Å². The van der Waals surface area contributed by atoms with Crippen molar-refractivity contribution in [1.82, 2.24) is 0 Å². The van der Waals surface area contributed by atoms with Gasteiger partial charge < -0.3 is 0 Å². The van der Waals surface area contributed by atoms with Crippen LogP contribution in [-0.2, 0) is 0 Å². The fourth-order valence-corrected chi connectivity index (χ4v) is 13.8. The van der Waals surface area contributed by atoms with Crippen molar-refractivity contribution < 1.29 is 0 Å². The summed E-state index contributed by atoms with van der Waals surface area (Å²) >= 11 is 9.24. The zero-order valence-corrected chi connectivity index (χ0v) is 15.4. The molecule has 0 radical (unpaired) electrons. The Morgan fingerprint density at radius 2 is 1.75 bits per heavy atom. The van der Waals surface area contributed by atoms with Crippen LogP contribution in [-0.4, -0.2) is 11.7 Å². The molecule has 0 saturated carbocycles. The summed E-state index contributed by atoms with van der Waals surface area (Å²) in [4.78, 5) is 0. The van der Waals surface area contributed by atoms with Crippen molar-refractivity contribution in [2.75, 3.05) is 0 Å². The zero-order chi connectivity index (χ0) is 9.61. The van der Waals surface area contributed by atoms with Gasteiger partial charge in [0.1, 0.15) is 0 Å². The van der Waals surface area contributed by atoms with Gasteiger partial charge in [-0.15, -0.1) is 0 Å². The average Bonchev–Trinajstić information content (AvgIpc) is 1.95. The van der Waals surface area contributed by atoms with Crippen molar-refractivity contribution in [1.29, 1.82) is 0 Å². The standard InChI is InChI=1S/C8H17.3BrH.Sn/c1-4-6-7-8(3)5-2;;;;/h8H,3-7H2,1-2H3;3*1H;/q;;;;+3/p-3. The molecule has 0 N–H and O–H groups in total. The van der Waals surface area contributed by atoms with Crippen LogP contribution in [0, 0.1) is 5.92 Å². The van der Waals surface area contributed by atoms with E-state index in [1.54, 1.807) is 0 Å². The summed E-state index contributed by atoms with van der Waals surface area (Å²) in [6, 6.07) is 0. The molecule has 0 heterocycles. The van der Waals surface area contributed by atoms with Gasteiger partial charge in [-0.3, -0.25) is 0 Å². The van der Waals surface area contributed by atoms with Gasteiger partial charge in [0.15, 0.2) is 0 Å². The van der Waals surface area contributed by atoms with E-state index in [1.807, 2.05) is 0 Å². The maximum absolute atomic E-state index is 3.76. The molecule has 0 aliphatic rings. The Labute approximate surface area is 98.4 Å². The molecule has 0 nitrogen and oxygen atoms in total. The molecular weight excluding hydrogens is 455 g/mol. The molecule has 12 heavy (non-hydrogen) atoms. The van der Waals surface area contributed by atoms with Gasteiger partial charge in [0.2, 0.25) is 0 Å². The minimum atomic E-state index is -2.03. The first-order valence-corrected chi connectivity index (χ1v) is 25.8. The topological polar surface area (TPSA) is 0 Å². The number of unbranched alkanes of at least 4 members (excludes halogenated alkanes) is 1. The third kappa shape index (κ3) is 8.82. The van der Waals surface area contributed by atoms with Crippen LogP contribution in [0.3, 0.4) is 0 Å². The summed E-state index contributed by atoms with van der Waals surface area (Å²) < 4.78 is 1.35. The first-order valence-electron chi connectivity index (χ1n) is 4.56. The Morgan fingerprint density at radius 3 is 2.08 bits per heavy atom. The summed E-state index contributed by atoms with van der Waals surface area (Å²) in [6.45, 7) is 4.56. The Bertz CT molecular complexity index is 111. The normalized spacial score (nSPS) is 14.8. The predicted molar refractivity (Wildman–Crippen MR) is 70.6 cm³/mol. The van der Waals surface area contributed by atoms with Crippen molar-refractivity contribution in [2.24, 2.45) is 5.92 Å². The molecular formula is C8H17Br3Sn. The molecule has 0 rings (SSSR count). The second-order valence-corrected chi connectivity index (χ2v) is 56.6. The van der Waals surface area contributed by atoms with E-state index in [0.717, 1.165) is 5.92 Å². The Hall–Kier alpha value is 2.24. The third-order valence-electron chi connectivity index (χ3n) is 2.06. The summed E-state index contributed by atoms with van der Waals surface area (Å²) in [5, 5.41) is 0. The van der Waals surface area contributed by atoms with Gasteiger partial charge in [-0.05, 0) is 0 Å². The molecule has 0 aromatic rings. The maximum atomic E-state index is 3.76. The predicted octanol–water partition coefficient (Wildman–Crippen LogP) is 5.33. The Balaban J connectivity index is 3.67. The van der Waals surface area contributed by atoms with Crippen LogP contribution in [0.25, 0.3) is 0 Å². The Morgan fingerprint density at radius 1 is 1.17 bits per heavy atom. The average molecular weight is 472 g/mol. The fourth-order valence-electron chi connectivity index (χ4n) is 1.27. The van der Waals surface area contributed by atoms with Gasteiger partial charge in [-0.1, -0.05) is 0 Å². The van der Waals surface area contributed by atoms with Gasteiger partial charge in [-0.25, -0.2) is 0 Å². The van der Waals surface area contributed by atoms with Gasteiger partial charge in [-0.2, -0.15) is 0 Å². The molecule has 1 unspecified atom stereocenters. The van der Waals surface area contributed by atoms with E-state index in [1.165, 1.54) is 30.1 Å². The van der Waals surface area contributed by atoms with Gasteiger partial charge in [0.05, 0.1) is 0 Å². The first-order chi connectivity index (χ1) is 5.49. The number of rotatable bonds is 6. The quantitative estimate of drug-likeness (QED) is 0.460. The van der Waals surface area contributed by atoms with Crippen molar-refractivity contribution in [3.05, 3.63) is 0 Å². The van der Waals surface area contributed by atoms with Crippen molar-refractivity contribution in [3.8, 4) is 0 Å². The van der Waals surface area contributed by atoms with Crippen LogP contribution in [0.5, 0.6) is 0 Å². The van der Waals surface area contributed by atoms with Crippen LogP contribution in [0.4, 0.5) is 0 Å². The van der Waals surface area contributed by atoms with E-state index in [-0.39, 0.29) is 0 Å². The first kappa shape index (κ1) is 14.2. The van der Waals surface area contributed by atoms with Crippen LogP contribution >= 0.6 is 38.1 Å². The Kier molecular flexibility index (Phi) is 8.92. The van der Waals surface area contributed by atoms with E-state index in [9.17, 15) is 0 Å². The molecule has 0 aliphatic heterocycles. The summed E-state index contributed by atoms with van der Waals surface area (Å²) in [5.41, 5.74) is 0.